The van der Waals surface area contributed by atoms with Gasteiger partial charge in [-0.25, -0.2) is 8.78 Å². The molecule has 1 fully saturated rings. The van der Waals surface area contributed by atoms with E-state index in [1.54, 1.807) is 0 Å². The van der Waals surface area contributed by atoms with Crippen LogP contribution in [0.2, 0.25) is 0 Å². The Hall–Kier alpha value is -0.640. The molecule has 2 rings (SSSR count). The van der Waals surface area contributed by atoms with Crippen molar-refractivity contribution in [1.29, 1.82) is 0 Å². The van der Waals surface area contributed by atoms with Gasteiger partial charge in [0.1, 0.15) is 11.6 Å². The van der Waals surface area contributed by atoms with Crippen molar-refractivity contribution in [2.75, 3.05) is 5.32 Å². The Labute approximate surface area is 109 Å². The zero-order chi connectivity index (χ0) is 12.4. The maximum atomic E-state index is 13.5. The molecule has 1 saturated carbocycles. The lowest BCUT2D eigenvalue weighted by molar-refractivity contribution is 0.285. The maximum Gasteiger partial charge on any atom is 0.149 e. The molecule has 1 aromatic carbocycles. The molecular formula is C13H16BrF2N. The monoisotopic (exact) mass is 303 g/mol. The van der Waals surface area contributed by atoms with Gasteiger partial charge in [0.2, 0.25) is 0 Å². The largest absolute Gasteiger partial charge is 0.380 e. The van der Waals surface area contributed by atoms with E-state index in [4.69, 9.17) is 0 Å². The lowest BCUT2D eigenvalue weighted by atomic mass is 9.81. The molecule has 1 N–H and O–H groups in total. The number of hydrogen-bond donors (Lipinski definition) is 1. The molecule has 17 heavy (non-hydrogen) atoms. The molecule has 1 atom stereocenters. The summed E-state index contributed by atoms with van der Waals surface area (Å²) in [6, 6.07) is 2.58. The Morgan fingerprint density at radius 2 is 2.06 bits per heavy atom. The van der Waals surface area contributed by atoms with Crippen molar-refractivity contribution in [1.82, 2.24) is 0 Å². The molecular weight excluding hydrogens is 288 g/mol. The minimum atomic E-state index is -0.570. The summed E-state index contributed by atoms with van der Waals surface area (Å²) in [5.41, 5.74) is 0.366. The van der Waals surface area contributed by atoms with E-state index >= 15 is 0 Å². The molecule has 0 radical (unpaired) electrons. The van der Waals surface area contributed by atoms with E-state index < -0.39 is 11.6 Å². The summed E-state index contributed by atoms with van der Waals surface area (Å²) >= 11 is 3.06. The van der Waals surface area contributed by atoms with Crippen LogP contribution in [-0.2, 0) is 0 Å². The first kappa shape index (κ1) is 12.8. The highest BCUT2D eigenvalue weighted by Gasteiger charge is 2.20. The Morgan fingerprint density at radius 3 is 2.65 bits per heavy atom. The molecule has 0 aromatic heterocycles. The highest BCUT2D eigenvalue weighted by molar-refractivity contribution is 9.10. The number of halogens is 3. The van der Waals surface area contributed by atoms with Crippen molar-refractivity contribution in [3.8, 4) is 0 Å². The fourth-order valence-corrected chi connectivity index (χ4v) is 2.53. The first-order valence-electron chi connectivity index (χ1n) is 5.97. The molecule has 0 bridgehead atoms. The summed E-state index contributed by atoms with van der Waals surface area (Å²) in [7, 11) is 0. The summed E-state index contributed by atoms with van der Waals surface area (Å²) in [6.07, 6.45) is 4.92. The number of benzene rings is 1. The first-order chi connectivity index (χ1) is 8.06. The van der Waals surface area contributed by atoms with Crippen LogP contribution in [0.15, 0.2) is 16.6 Å². The van der Waals surface area contributed by atoms with E-state index in [1.807, 2.05) is 6.92 Å². The number of rotatable bonds is 4. The van der Waals surface area contributed by atoms with Crippen LogP contribution in [0.4, 0.5) is 14.5 Å². The van der Waals surface area contributed by atoms with Crippen molar-refractivity contribution in [2.45, 2.75) is 38.6 Å². The van der Waals surface area contributed by atoms with Crippen molar-refractivity contribution >= 4 is 21.6 Å². The highest BCUT2D eigenvalue weighted by Crippen LogP contribution is 2.31. The van der Waals surface area contributed by atoms with Gasteiger partial charge in [0.05, 0.1) is 10.2 Å². The van der Waals surface area contributed by atoms with Crippen LogP contribution < -0.4 is 5.32 Å². The Bertz CT molecular complexity index is 405. The summed E-state index contributed by atoms with van der Waals surface area (Å²) in [5, 5.41) is 3.11. The van der Waals surface area contributed by atoms with Gasteiger partial charge in [-0.15, -0.1) is 0 Å². The SMILES string of the molecule is CC(CC1CCC1)Nc1cc(Br)c(F)cc1F. The molecule has 0 aliphatic heterocycles. The summed E-state index contributed by atoms with van der Waals surface area (Å²) in [5.74, 6) is -0.338. The molecule has 94 valence electrons. The fraction of sp³-hybridized carbons (Fsp3) is 0.538. The van der Waals surface area contributed by atoms with E-state index in [0.29, 0.717) is 5.69 Å². The molecule has 0 amide bonds. The van der Waals surface area contributed by atoms with Crippen LogP contribution in [0.25, 0.3) is 0 Å². The lowest BCUT2D eigenvalue weighted by Crippen LogP contribution is -2.23. The second kappa shape index (κ2) is 5.34. The normalized spacial score (nSPS) is 17.6. The van der Waals surface area contributed by atoms with Gasteiger partial charge >= 0.3 is 0 Å². The fourth-order valence-electron chi connectivity index (χ4n) is 2.19. The molecule has 1 unspecified atom stereocenters. The van der Waals surface area contributed by atoms with E-state index in [9.17, 15) is 8.78 Å². The molecule has 1 nitrogen and oxygen atoms in total. The molecule has 1 aromatic rings. The molecule has 4 heteroatoms. The van der Waals surface area contributed by atoms with Crippen LogP contribution in [-0.4, -0.2) is 6.04 Å². The van der Waals surface area contributed by atoms with Crippen LogP contribution in [0, 0.1) is 17.6 Å². The maximum absolute atomic E-state index is 13.5. The minimum Gasteiger partial charge on any atom is -0.380 e. The van der Waals surface area contributed by atoms with Gasteiger partial charge in [-0.2, -0.15) is 0 Å². The van der Waals surface area contributed by atoms with Crippen LogP contribution in [0.1, 0.15) is 32.6 Å². The van der Waals surface area contributed by atoms with E-state index in [1.165, 1.54) is 25.3 Å². The summed E-state index contributed by atoms with van der Waals surface area (Å²) in [6.45, 7) is 2.04. The second-order valence-electron chi connectivity index (χ2n) is 4.82. The smallest absolute Gasteiger partial charge is 0.149 e. The van der Waals surface area contributed by atoms with Gasteiger partial charge in [0, 0.05) is 12.1 Å². The predicted octanol–water partition coefficient (Wildman–Crippen LogP) is 4.72. The van der Waals surface area contributed by atoms with Gasteiger partial charge < -0.3 is 5.32 Å². The van der Waals surface area contributed by atoms with Crippen LogP contribution in [0.5, 0.6) is 0 Å². The standard InChI is InChI=1S/C13H16BrF2N/c1-8(5-9-3-2-4-9)17-13-6-10(14)11(15)7-12(13)16/h6-9,17H,2-5H2,1H3. The highest BCUT2D eigenvalue weighted by atomic mass is 79.9. The van der Waals surface area contributed by atoms with Gasteiger partial charge in [-0.3, -0.25) is 0 Å². The molecule has 1 aliphatic rings. The number of hydrogen-bond acceptors (Lipinski definition) is 1. The summed E-state index contributed by atoms with van der Waals surface area (Å²) < 4.78 is 26.8. The van der Waals surface area contributed by atoms with Crippen molar-refractivity contribution in [3.63, 3.8) is 0 Å². The third-order valence-corrected chi connectivity index (χ3v) is 3.93. The third-order valence-electron chi connectivity index (χ3n) is 3.32. The Kier molecular flexibility index (Phi) is 4.02. The molecule has 1 aliphatic carbocycles. The number of anilines is 1. The average molecular weight is 304 g/mol. The van der Waals surface area contributed by atoms with E-state index in [2.05, 4.69) is 21.2 Å². The lowest BCUT2D eigenvalue weighted by Gasteiger charge is -2.29. The molecule has 0 heterocycles. The first-order valence-corrected chi connectivity index (χ1v) is 6.76. The van der Waals surface area contributed by atoms with Crippen LogP contribution >= 0.6 is 15.9 Å². The quantitative estimate of drug-likeness (QED) is 0.794. The van der Waals surface area contributed by atoms with Crippen molar-refractivity contribution in [3.05, 3.63) is 28.2 Å². The molecule has 0 spiro atoms. The van der Waals surface area contributed by atoms with Gasteiger partial charge in [-0.1, -0.05) is 19.3 Å². The van der Waals surface area contributed by atoms with Gasteiger partial charge in [0.25, 0.3) is 0 Å². The average Bonchev–Trinajstić information content (AvgIpc) is 2.20. The summed E-state index contributed by atoms with van der Waals surface area (Å²) in [4.78, 5) is 0. The van der Waals surface area contributed by atoms with E-state index in [0.717, 1.165) is 18.4 Å². The van der Waals surface area contributed by atoms with Crippen molar-refractivity contribution in [2.24, 2.45) is 5.92 Å². The van der Waals surface area contributed by atoms with E-state index in [-0.39, 0.29) is 10.5 Å². The second-order valence-corrected chi connectivity index (χ2v) is 5.68. The molecule has 0 saturated heterocycles. The zero-order valence-corrected chi connectivity index (χ0v) is 11.4. The van der Waals surface area contributed by atoms with Gasteiger partial charge in [0.15, 0.2) is 0 Å². The Balaban J connectivity index is 1.99. The predicted molar refractivity (Wildman–Crippen MR) is 69.1 cm³/mol. The van der Waals surface area contributed by atoms with Crippen LogP contribution in [0.3, 0.4) is 0 Å². The van der Waals surface area contributed by atoms with Crippen molar-refractivity contribution < 1.29 is 8.78 Å². The third kappa shape index (κ3) is 3.18. The zero-order valence-electron chi connectivity index (χ0n) is 9.77. The Morgan fingerprint density at radius 1 is 1.35 bits per heavy atom. The number of nitrogens with one attached hydrogen (secondary N) is 1. The van der Waals surface area contributed by atoms with Gasteiger partial charge in [-0.05, 0) is 41.3 Å². The topological polar surface area (TPSA) is 12.0 Å². The minimum absolute atomic E-state index is 0.215.